The predicted octanol–water partition coefficient (Wildman–Crippen LogP) is 3.22. The molecule has 3 rings (SSSR count). The number of ether oxygens (including phenoxy) is 1. The first-order valence-corrected chi connectivity index (χ1v) is 9.97. The van der Waals surface area contributed by atoms with Crippen LogP contribution in [-0.4, -0.2) is 50.2 Å². The zero-order chi connectivity index (χ0) is 18.4. The van der Waals surface area contributed by atoms with Crippen molar-refractivity contribution in [1.29, 1.82) is 0 Å². The minimum atomic E-state index is -0.00192. The second kappa shape index (κ2) is 12.0. The molecule has 2 heterocycles. The number of rotatable bonds is 7. The molecular weight excluding hydrogens is 401 g/mol. The molecule has 0 radical (unpaired) electrons. The maximum Gasteiger partial charge on any atom is 0.220 e. The van der Waals surface area contributed by atoms with Crippen LogP contribution in [0.5, 0.6) is 0 Å². The Balaban J connectivity index is 0.00000196. The molecule has 0 spiro atoms. The summed E-state index contributed by atoms with van der Waals surface area (Å²) in [5, 5.41) is 3.16. The Kier molecular flexibility index (Phi) is 10.8. The number of nitrogens with zero attached hydrogens (tertiary/aromatic N) is 1. The smallest absolute Gasteiger partial charge is 0.220 e. The number of carbonyl (C=O) groups is 1. The third kappa shape index (κ3) is 6.63. The number of hydrogen-bond donors (Lipinski definition) is 2. The second-order valence-corrected chi connectivity index (χ2v) is 7.86. The third-order valence-corrected chi connectivity index (χ3v) is 5.95. The molecule has 0 aromatic carbocycles. The van der Waals surface area contributed by atoms with Crippen molar-refractivity contribution < 1.29 is 13.9 Å². The molecule has 0 bridgehead atoms. The first-order valence-electron chi connectivity index (χ1n) is 9.97. The maximum absolute atomic E-state index is 12.7. The molecule has 2 fully saturated rings. The van der Waals surface area contributed by atoms with Crippen LogP contribution in [0.15, 0.2) is 16.5 Å². The van der Waals surface area contributed by atoms with E-state index >= 15 is 0 Å². The Morgan fingerprint density at radius 1 is 1.21 bits per heavy atom. The van der Waals surface area contributed by atoms with Crippen LogP contribution in [-0.2, 0) is 9.53 Å². The standard InChI is InChI=1S/C20H33N3O3.2ClH/c1-16-5-6-18(26-16)17(23-9-11-25-12-10-23)14-22-19(24)13-20(15-21)7-3-2-4-8-20;;/h5-6,17H,2-4,7-15,21H2,1H3,(H,22,24);2*1H. The highest BCUT2D eigenvalue weighted by molar-refractivity contribution is 5.85. The summed E-state index contributed by atoms with van der Waals surface area (Å²) in [6.07, 6.45) is 6.32. The zero-order valence-electron chi connectivity index (χ0n) is 16.8. The summed E-state index contributed by atoms with van der Waals surface area (Å²) >= 11 is 0. The molecule has 1 saturated heterocycles. The van der Waals surface area contributed by atoms with Gasteiger partial charge >= 0.3 is 0 Å². The van der Waals surface area contributed by atoms with Crippen LogP contribution in [0.2, 0.25) is 0 Å². The van der Waals surface area contributed by atoms with Crippen molar-refractivity contribution in [3.8, 4) is 0 Å². The van der Waals surface area contributed by atoms with Gasteiger partial charge in [-0.15, -0.1) is 24.8 Å². The number of morpholine rings is 1. The van der Waals surface area contributed by atoms with Gasteiger partial charge < -0.3 is 20.2 Å². The number of halogens is 2. The van der Waals surface area contributed by atoms with Gasteiger partial charge in [-0.05, 0) is 43.9 Å². The van der Waals surface area contributed by atoms with E-state index in [9.17, 15) is 4.79 Å². The molecule has 1 unspecified atom stereocenters. The molecule has 2 aliphatic rings. The van der Waals surface area contributed by atoms with Gasteiger partial charge in [0.15, 0.2) is 0 Å². The largest absolute Gasteiger partial charge is 0.465 e. The summed E-state index contributed by atoms with van der Waals surface area (Å²) in [4.78, 5) is 15.0. The van der Waals surface area contributed by atoms with E-state index in [0.717, 1.165) is 50.7 Å². The minimum absolute atomic E-state index is 0. The van der Waals surface area contributed by atoms with Gasteiger partial charge in [-0.3, -0.25) is 9.69 Å². The van der Waals surface area contributed by atoms with Crippen LogP contribution in [0.3, 0.4) is 0 Å². The molecule has 3 N–H and O–H groups in total. The quantitative estimate of drug-likeness (QED) is 0.686. The molecule has 1 aliphatic heterocycles. The maximum atomic E-state index is 12.7. The fraction of sp³-hybridized carbons (Fsp3) is 0.750. The lowest BCUT2D eigenvalue weighted by atomic mass is 9.71. The average molecular weight is 436 g/mol. The highest BCUT2D eigenvalue weighted by Crippen LogP contribution is 2.38. The van der Waals surface area contributed by atoms with E-state index < -0.39 is 0 Å². The minimum Gasteiger partial charge on any atom is -0.465 e. The molecular formula is C20H35Cl2N3O3. The zero-order valence-corrected chi connectivity index (χ0v) is 18.4. The fourth-order valence-corrected chi connectivity index (χ4v) is 4.30. The summed E-state index contributed by atoms with van der Waals surface area (Å²) in [5.74, 6) is 1.92. The lowest BCUT2D eigenvalue weighted by Crippen LogP contribution is -2.45. The topological polar surface area (TPSA) is 80.7 Å². The molecule has 1 aliphatic carbocycles. The van der Waals surface area contributed by atoms with E-state index in [1.165, 1.54) is 19.3 Å². The van der Waals surface area contributed by atoms with Gasteiger partial charge in [0.25, 0.3) is 0 Å². The van der Waals surface area contributed by atoms with E-state index in [4.69, 9.17) is 14.9 Å². The van der Waals surface area contributed by atoms with Crippen LogP contribution in [0.4, 0.5) is 0 Å². The molecule has 6 nitrogen and oxygen atoms in total. The van der Waals surface area contributed by atoms with Crippen molar-refractivity contribution in [3.05, 3.63) is 23.7 Å². The number of aryl methyl sites for hydroxylation is 1. The van der Waals surface area contributed by atoms with Crippen molar-refractivity contribution in [2.45, 2.75) is 51.5 Å². The normalized spacial score (nSPS) is 20.5. The Hall–Kier alpha value is -0.790. The molecule has 1 atom stereocenters. The highest BCUT2D eigenvalue weighted by atomic mass is 35.5. The molecule has 1 amide bonds. The number of nitrogens with one attached hydrogen (secondary N) is 1. The number of furan rings is 1. The van der Waals surface area contributed by atoms with E-state index in [2.05, 4.69) is 10.2 Å². The summed E-state index contributed by atoms with van der Waals surface area (Å²) < 4.78 is 11.3. The summed E-state index contributed by atoms with van der Waals surface area (Å²) in [6.45, 7) is 6.27. The van der Waals surface area contributed by atoms with Gasteiger partial charge in [0.1, 0.15) is 11.5 Å². The monoisotopic (exact) mass is 435 g/mol. The Morgan fingerprint density at radius 2 is 1.89 bits per heavy atom. The molecule has 1 aromatic heterocycles. The van der Waals surface area contributed by atoms with E-state index in [1.54, 1.807) is 0 Å². The van der Waals surface area contributed by atoms with Crippen LogP contribution < -0.4 is 11.1 Å². The van der Waals surface area contributed by atoms with E-state index in [1.807, 2.05) is 19.1 Å². The van der Waals surface area contributed by atoms with Gasteiger partial charge in [-0.2, -0.15) is 0 Å². The number of carbonyl (C=O) groups excluding carboxylic acids is 1. The third-order valence-electron chi connectivity index (χ3n) is 5.95. The van der Waals surface area contributed by atoms with Crippen LogP contribution in [0, 0.1) is 12.3 Å². The van der Waals surface area contributed by atoms with Crippen molar-refractivity contribution in [2.75, 3.05) is 39.4 Å². The molecule has 1 aromatic rings. The van der Waals surface area contributed by atoms with Gasteiger partial charge in [0, 0.05) is 26.1 Å². The van der Waals surface area contributed by atoms with Crippen molar-refractivity contribution in [2.24, 2.45) is 11.1 Å². The Morgan fingerprint density at radius 3 is 2.46 bits per heavy atom. The first kappa shape index (κ1) is 25.2. The first-order chi connectivity index (χ1) is 12.6. The van der Waals surface area contributed by atoms with E-state index in [0.29, 0.717) is 19.5 Å². The van der Waals surface area contributed by atoms with Gasteiger partial charge in [-0.25, -0.2) is 0 Å². The van der Waals surface area contributed by atoms with Crippen molar-refractivity contribution in [3.63, 3.8) is 0 Å². The van der Waals surface area contributed by atoms with Gasteiger partial charge in [-0.1, -0.05) is 19.3 Å². The fourth-order valence-electron chi connectivity index (χ4n) is 4.30. The summed E-state index contributed by atoms with van der Waals surface area (Å²) in [7, 11) is 0. The predicted molar refractivity (Wildman–Crippen MR) is 115 cm³/mol. The summed E-state index contributed by atoms with van der Waals surface area (Å²) in [6, 6.07) is 4.05. The van der Waals surface area contributed by atoms with Crippen LogP contribution in [0.1, 0.15) is 56.1 Å². The van der Waals surface area contributed by atoms with Crippen molar-refractivity contribution >= 4 is 30.7 Å². The van der Waals surface area contributed by atoms with Crippen molar-refractivity contribution in [1.82, 2.24) is 10.2 Å². The van der Waals surface area contributed by atoms with Gasteiger partial charge in [0.05, 0.1) is 19.3 Å². The lowest BCUT2D eigenvalue weighted by molar-refractivity contribution is -0.124. The van der Waals surface area contributed by atoms with E-state index in [-0.39, 0.29) is 42.2 Å². The Bertz CT molecular complexity index is 585. The lowest BCUT2D eigenvalue weighted by Gasteiger charge is -2.36. The highest BCUT2D eigenvalue weighted by Gasteiger charge is 2.33. The number of nitrogens with two attached hydrogens (primary N) is 1. The van der Waals surface area contributed by atoms with Crippen LogP contribution in [0.25, 0.3) is 0 Å². The molecule has 28 heavy (non-hydrogen) atoms. The van der Waals surface area contributed by atoms with Gasteiger partial charge in [0.2, 0.25) is 5.91 Å². The molecule has 162 valence electrons. The second-order valence-electron chi connectivity index (χ2n) is 7.86. The SMILES string of the molecule is Cc1ccc(C(CNC(=O)CC2(CN)CCCCC2)N2CCOCC2)o1.Cl.Cl. The number of amides is 1. The molecule has 8 heteroatoms. The van der Waals surface area contributed by atoms with Crippen LogP contribution >= 0.6 is 24.8 Å². The molecule has 1 saturated carbocycles. The Labute approximate surface area is 180 Å². The summed E-state index contributed by atoms with van der Waals surface area (Å²) in [5.41, 5.74) is 6.03. The number of hydrogen-bond acceptors (Lipinski definition) is 5. The average Bonchev–Trinajstić information content (AvgIpc) is 3.09.